The van der Waals surface area contributed by atoms with Gasteiger partial charge in [0.25, 0.3) is 5.91 Å². The van der Waals surface area contributed by atoms with Crippen molar-refractivity contribution in [1.82, 2.24) is 15.1 Å². The predicted molar refractivity (Wildman–Crippen MR) is 73.8 cm³/mol. The molecule has 1 heterocycles. The average Bonchev–Trinajstić information content (AvgIpc) is 2.78. The Morgan fingerprint density at radius 1 is 1.56 bits per heavy atom. The summed E-state index contributed by atoms with van der Waals surface area (Å²) >= 11 is 0. The van der Waals surface area contributed by atoms with Gasteiger partial charge in [-0.1, -0.05) is 26.0 Å². The van der Waals surface area contributed by atoms with E-state index >= 15 is 0 Å². The van der Waals surface area contributed by atoms with Crippen LogP contribution < -0.4 is 5.32 Å². The second-order valence-electron chi connectivity index (χ2n) is 4.54. The molecule has 0 spiro atoms. The fraction of sp³-hybridized carbons (Fsp3) is 0.571. The molecule has 0 saturated carbocycles. The fourth-order valence-corrected chi connectivity index (χ4v) is 1.67. The van der Waals surface area contributed by atoms with Crippen LogP contribution in [0.25, 0.3) is 0 Å². The first-order valence-corrected chi connectivity index (χ1v) is 6.57. The molecular formula is C14H23N3O. The van der Waals surface area contributed by atoms with Gasteiger partial charge in [-0.3, -0.25) is 9.48 Å². The number of allylic oxidation sites excluding steroid dienone is 1. The monoisotopic (exact) mass is 249 g/mol. The van der Waals surface area contributed by atoms with E-state index in [1.807, 2.05) is 32.1 Å². The number of rotatable bonds is 6. The fourth-order valence-electron chi connectivity index (χ4n) is 1.67. The van der Waals surface area contributed by atoms with Crippen LogP contribution in [0.15, 0.2) is 18.2 Å². The summed E-state index contributed by atoms with van der Waals surface area (Å²) in [4.78, 5) is 12.0. The predicted octanol–water partition coefficient (Wildman–Crippen LogP) is 2.72. The first-order valence-electron chi connectivity index (χ1n) is 6.57. The molecule has 0 radical (unpaired) electrons. The molecule has 0 aliphatic rings. The Morgan fingerprint density at radius 3 is 2.83 bits per heavy atom. The molecule has 0 fully saturated rings. The molecule has 0 saturated heterocycles. The van der Waals surface area contributed by atoms with Crippen molar-refractivity contribution in [3.63, 3.8) is 0 Å². The molecule has 0 aliphatic carbocycles. The Balaban J connectivity index is 2.71. The van der Waals surface area contributed by atoms with Gasteiger partial charge >= 0.3 is 0 Å². The summed E-state index contributed by atoms with van der Waals surface area (Å²) in [7, 11) is 0. The second kappa shape index (κ2) is 6.99. The molecular weight excluding hydrogens is 226 g/mol. The van der Waals surface area contributed by atoms with Crippen molar-refractivity contribution >= 4 is 5.91 Å². The molecule has 4 nitrogen and oxygen atoms in total. The van der Waals surface area contributed by atoms with E-state index in [4.69, 9.17) is 0 Å². The van der Waals surface area contributed by atoms with Gasteiger partial charge in [0.1, 0.15) is 5.69 Å². The minimum Gasteiger partial charge on any atom is -0.350 e. The SMILES string of the molecule is C/C=C/CCNC(=O)c1cc(C(C)C)nn1CC. The van der Waals surface area contributed by atoms with E-state index in [2.05, 4.69) is 24.3 Å². The lowest BCUT2D eigenvalue weighted by molar-refractivity contribution is 0.0943. The average molecular weight is 249 g/mol. The van der Waals surface area contributed by atoms with Crippen molar-refractivity contribution in [3.05, 3.63) is 29.6 Å². The maximum absolute atomic E-state index is 12.0. The number of aryl methyl sites for hydroxylation is 1. The zero-order chi connectivity index (χ0) is 13.5. The highest BCUT2D eigenvalue weighted by Gasteiger charge is 2.15. The minimum atomic E-state index is -0.0410. The summed E-state index contributed by atoms with van der Waals surface area (Å²) in [5.41, 5.74) is 1.62. The summed E-state index contributed by atoms with van der Waals surface area (Å²) in [6, 6.07) is 1.89. The normalized spacial score (nSPS) is 11.4. The van der Waals surface area contributed by atoms with Crippen LogP contribution in [0, 0.1) is 0 Å². The van der Waals surface area contributed by atoms with E-state index in [0.29, 0.717) is 24.7 Å². The van der Waals surface area contributed by atoms with Crippen molar-refractivity contribution in [2.75, 3.05) is 6.54 Å². The number of aromatic nitrogens is 2. The zero-order valence-electron chi connectivity index (χ0n) is 11.7. The Bertz CT molecular complexity index is 419. The number of nitrogens with zero attached hydrogens (tertiary/aromatic N) is 2. The summed E-state index contributed by atoms with van der Waals surface area (Å²) in [6.45, 7) is 9.50. The third kappa shape index (κ3) is 3.72. The number of carbonyl (C=O) groups is 1. The number of hydrogen-bond donors (Lipinski definition) is 1. The third-order valence-corrected chi connectivity index (χ3v) is 2.75. The smallest absolute Gasteiger partial charge is 0.269 e. The molecule has 100 valence electrons. The lowest BCUT2D eigenvalue weighted by atomic mass is 10.1. The number of amides is 1. The van der Waals surface area contributed by atoms with Crippen molar-refractivity contribution < 1.29 is 4.79 Å². The summed E-state index contributed by atoms with van der Waals surface area (Å²) in [5.74, 6) is 0.299. The zero-order valence-corrected chi connectivity index (χ0v) is 11.7. The molecule has 0 atom stereocenters. The first kappa shape index (κ1) is 14.5. The van der Waals surface area contributed by atoms with E-state index in [0.717, 1.165) is 12.1 Å². The van der Waals surface area contributed by atoms with Crippen LogP contribution in [-0.4, -0.2) is 22.2 Å². The van der Waals surface area contributed by atoms with Gasteiger partial charge in [-0.2, -0.15) is 5.10 Å². The van der Waals surface area contributed by atoms with Crippen LogP contribution in [0.3, 0.4) is 0 Å². The Hall–Kier alpha value is -1.58. The lowest BCUT2D eigenvalue weighted by Gasteiger charge is -2.05. The van der Waals surface area contributed by atoms with Crippen LogP contribution in [0.1, 0.15) is 56.2 Å². The first-order chi connectivity index (χ1) is 8.60. The van der Waals surface area contributed by atoms with E-state index in [1.165, 1.54) is 0 Å². The molecule has 0 bridgehead atoms. The van der Waals surface area contributed by atoms with Crippen molar-refractivity contribution in [3.8, 4) is 0 Å². The third-order valence-electron chi connectivity index (χ3n) is 2.75. The van der Waals surface area contributed by atoms with Crippen molar-refractivity contribution in [2.24, 2.45) is 0 Å². The van der Waals surface area contributed by atoms with Gasteiger partial charge < -0.3 is 5.32 Å². The molecule has 18 heavy (non-hydrogen) atoms. The highest BCUT2D eigenvalue weighted by Crippen LogP contribution is 2.14. The van der Waals surface area contributed by atoms with Gasteiger partial charge in [0, 0.05) is 13.1 Å². The topological polar surface area (TPSA) is 46.9 Å². The molecule has 1 aromatic heterocycles. The van der Waals surface area contributed by atoms with Gasteiger partial charge in [0.05, 0.1) is 5.69 Å². The molecule has 4 heteroatoms. The van der Waals surface area contributed by atoms with Crippen LogP contribution in [0.4, 0.5) is 0 Å². The molecule has 1 amide bonds. The lowest BCUT2D eigenvalue weighted by Crippen LogP contribution is -2.26. The molecule has 1 N–H and O–H groups in total. The van der Waals surface area contributed by atoms with E-state index in [9.17, 15) is 4.79 Å². The van der Waals surface area contributed by atoms with Gasteiger partial charge in [-0.15, -0.1) is 0 Å². The summed E-state index contributed by atoms with van der Waals surface area (Å²) < 4.78 is 1.76. The molecule has 0 aromatic carbocycles. The second-order valence-corrected chi connectivity index (χ2v) is 4.54. The van der Waals surface area contributed by atoms with E-state index in [1.54, 1.807) is 4.68 Å². The largest absolute Gasteiger partial charge is 0.350 e. The number of nitrogens with one attached hydrogen (secondary N) is 1. The summed E-state index contributed by atoms with van der Waals surface area (Å²) in [6.07, 6.45) is 4.88. The van der Waals surface area contributed by atoms with E-state index < -0.39 is 0 Å². The minimum absolute atomic E-state index is 0.0410. The van der Waals surface area contributed by atoms with Gasteiger partial charge in [0.2, 0.25) is 0 Å². The van der Waals surface area contributed by atoms with Crippen LogP contribution in [0.5, 0.6) is 0 Å². The van der Waals surface area contributed by atoms with Crippen LogP contribution in [0.2, 0.25) is 0 Å². The van der Waals surface area contributed by atoms with Gasteiger partial charge in [0.15, 0.2) is 0 Å². The quantitative estimate of drug-likeness (QED) is 0.622. The summed E-state index contributed by atoms with van der Waals surface area (Å²) in [5, 5.41) is 7.35. The van der Waals surface area contributed by atoms with Crippen molar-refractivity contribution in [2.45, 2.75) is 46.6 Å². The van der Waals surface area contributed by atoms with Crippen molar-refractivity contribution in [1.29, 1.82) is 0 Å². The maximum atomic E-state index is 12.0. The number of hydrogen-bond acceptors (Lipinski definition) is 2. The van der Waals surface area contributed by atoms with E-state index in [-0.39, 0.29) is 5.91 Å². The van der Waals surface area contributed by atoms with Crippen LogP contribution >= 0.6 is 0 Å². The number of carbonyl (C=O) groups excluding carboxylic acids is 1. The Morgan fingerprint density at radius 2 is 2.28 bits per heavy atom. The molecule has 0 unspecified atom stereocenters. The Kier molecular flexibility index (Phi) is 5.62. The Labute approximate surface area is 109 Å². The maximum Gasteiger partial charge on any atom is 0.269 e. The van der Waals surface area contributed by atoms with Gasteiger partial charge in [-0.05, 0) is 32.3 Å². The standard InChI is InChI=1S/C14H23N3O/c1-5-7-8-9-15-14(18)13-10-12(11(3)4)16-17(13)6-2/h5,7,10-11H,6,8-9H2,1-4H3,(H,15,18)/b7-5+. The highest BCUT2D eigenvalue weighted by atomic mass is 16.2. The van der Waals surface area contributed by atoms with Crippen LogP contribution in [-0.2, 0) is 6.54 Å². The highest BCUT2D eigenvalue weighted by molar-refractivity contribution is 5.92. The molecule has 1 aromatic rings. The molecule has 1 rings (SSSR count). The van der Waals surface area contributed by atoms with Gasteiger partial charge in [-0.25, -0.2) is 0 Å². The molecule has 0 aliphatic heterocycles.